The molecule has 0 heteroatoms. The molecule has 400 valence electrons. The minimum Gasteiger partial charge on any atom is -0.0619 e. The maximum Gasteiger partial charge on any atom is -0.00107 e. The molecule has 0 bridgehead atoms. The first-order valence-corrected chi connectivity index (χ1v) is 29.3. The highest BCUT2D eigenvalue weighted by molar-refractivity contribution is 5.83. The van der Waals surface area contributed by atoms with Crippen LogP contribution in [0.2, 0.25) is 0 Å². The van der Waals surface area contributed by atoms with Gasteiger partial charge < -0.3 is 0 Å². The minimum atomic E-state index is 1.10. The lowest BCUT2D eigenvalue weighted by Gasteiger charge is -2.11. The van der Waals surface area contributed by atoms with Crippen LogP contribution in [0.4, 0.5) is 0 Å². The van der Waals surface area contributed by atoms with Gasteiger partial charge in [0.1, 0.15) is 0 Å². The average molecular weight is 1040 g/mol. The van der Waals surface area contributed by atoms with Crippen LogP contribution in [0.15, 0.2) is 152 Å². The molecule has 0 saturated carbocycles. The largest absolute Gasteiger partial charge is 0.0619 e. The van der Waals surface area contributed by atoms with Crippen LogP contribution in [-0.4, -0.2) is 0 Å². The molecule has 0 N–H and O–H groups in total. The summed E-state index contributed by atoms with van der Waals surface area (Å²) in [5.41, 5.74) is 50.5. The zero-order valence-electron chi connectivity index (χ0n) is 50.5. The topological polar surface area (TPSA) is 0 Å². The van der Waals surface area contributed by atoms with Crippen molar-refractivity contribution < 1.29 is 0 Å². The summed E-state index contributed by atoms with van der Waals surface area (Å²) in [4.78, 5) is 0. The lowest BCUT2D eigenvalue weighted by molar-refractivity contribution is 1.20. The van der Waals surface area contributed by atoms with Gasteiger partial charge in [-0.05, 0) is 320 Å². The lowest BCUT2D eigenvalue weighted by Crippen LogP contribution is -1.92. The highest BCUT2D eigenvalue weighted by Crippen LogP contribution is 2.44. The van der Waals surface area contributed by atoms with Crippen molar-refractivity contribution in [2.24, 2.45) is 0 Å². The van der Waals surface area contributed by atoms with Crippen molar-refractivity contribution in [3.05, 3.63) is 291 Å². The molecule has 0 fully saturated rings. The van der Waals surface area contributed by atoms with E-state index in [9.17, 15) is 0 Å². The third-order valence-corrected chi connectivity index (χ3v) is 18.7. The van der Waals surface area contributed by atoms with Crippen LogP contribution in [0.5, 0.6) is 0 Å². The monoisotopic (exact) mass is 1040 g/mol. The predicted molar refractivity (Wildman–Crippen MR) is 344 cm³/mol. The number of rotatable bonds is 0. The summed E-state index contributed by atoms with van der Waals surface area (Å²) in [6.45, 7) is 33.0. The second-order valence-electron chi connectivity index (χ2n) is 24.4. The van der Waals surface area contributed by atoms with Crippen LogP contribution in [0.3, 0.4) is 0 Å². The van der Waals surface area contributed by atoms with Gasteiger partial charge in [-0.15, -0.1) is 0 Å². The fraction of sp³-hybridized carbons (Fsp3) is 0.250. The summed E-state index contributed by atoms with van der Waals surface area (Å²) in [7, 11) is 0. The Morgan fingerprint density at radius 2 is 0.613 bits per heavy atom. The van der Waals surface area contributed by atoms with Gasteiger partial charge in [-0.1, -0.05) is 163 Å². The highest BCUT2D eigenvalue weighted by Gasteiger charge is 2.25. The molecular formula is C80H80. The molecule has 10 aromatic rings. The summed E-state index contributed by atoms with van der Waals surface area (Å²) in [6.07, 6.45) is 5.53. The average Bonchev–Trinajstić information content (AvgIpc) is 4.45. The second kappa shape index (κ2) is 21.7. The van der Waals surface area contributed by atoms with Gasteiger partial charge in [0.15, 0.2) is 0 Å². The lowest BCUT2D eigenvalue weighted by atomic mass is 9.93. The van der Waals surface area contributed by atoms with E-state index in [0.717, 1.165) is 32.1 Å². The zero-order chi connectivity index (χ0) is 56.4. The maximum atomic E-state index is 2.36. The van der Waals surface area contributed by atoms with E-state index >= 15 is 0 Å². The number of benzene rings is 10. The molecule has 10 aromatic carbocycles. The predicted octanol–water partition coefficient (Wildman–Crippen LogP) is 20.9. The fourth-order valence-electron chi connectivity index (χ4n) is 13.4. The van der Waals surface area contributed by atoms with E-state index in [2.05, 4.69) is 256 Å². The van der Waals surface area contributed by atoms with Crippen LogP contribution in [0, 0.1) is 104 Å². The van der Waals surface area contributed by atoms with E-state index in [1.165, 1.54) is 195 Å². The molecule has 5 aliphatic rings. The molecule has 5 aliphatic carbocycles. The van der Waals surface area contributed by atoms with Gasteiger partial charge in [-0.3, -0.25) is 0 Å². The molecule has 0 nitrogen and oxygen atoms in total. The third-order valence-electron chi connectivity index (χ3n) is 18.7. The van der Waals surface area contributed by atoms with Crippen LogP contribution in [-0.2, 0) is 32.1 Å². The zero-order valence-corrected chi connectivity index (χ0v) is 50.5. The quantitative estimate of drug-likeness (QED) is 0.142. The molecule has 0 unspecified atom stereocenters. The van der Waals surface area contributed by atoms with Crippen LogP contribution >= 0.6 is 0 Å². The molecule has 15 rings (SSSR count). The Kier molecular flexibility index (Phi) is 14.7. The van der Waals surface area contributed by atoms with Crippen molar-refractivity contribution in [3.8, 4) is 55.6 Å². The Balaban J connectivity index is 0.000000105. The summed E-state index contributed by atoms with van der Waals surface area (Å²) in [5.74, 6) is 0. The summed E-state index contributed by atoms with van der Waals surface area (Å²) >= 11 is 0. The second-order valence-corrected chi connectivity index (χ2v) is 24.4. The SMILES string of the molecule is Cc1cc2c(c(C)c1C)-c1ccccc1C2.Cc1cc2c(cc1C)-c1c(C)cccc1C2.Cc1cc2c(cc1C)-c1cccc(C)c1C2.Cc1ccc2c(c1)-c1cc(C)c(C)cc1C2.Cc1ccc2c(c1)Cc1cc(C)c(C)cc1-2. The summed E-state index contributed by atoms with van der Waals surface area (Å²) in [5, 5.41) is 0. The molecule has 0 spiro atoms. The van der Waals surface area contributed by atoms with E-state index in [0.29, 0.717) is 0 Å². The maximum absolute atomic E-state index is 2.36. The molecular weight excluding hydrogens is 961 g/mol. The fourth-order valence-corrected chi connectivity index (χ4v) is 13.4. The Bertz CT molecular complexity index is 4110. The Labute approximate surface area is 479 Å². The van der Waals surface area contributed by atoms with Crippen LogP contribution in [0.25, 0.3) is 55.6 Å². The first-order chi connectivity index (χ1) is 38.3. The van der Waals surface area contributed by atoms with Crippen molar-refractivity contribution in [2.45, 2.75) is 136 Å². The molecule has 0 aliphatic heterocycles. The number of hydrogen-bond donors (Lipinski definition) is 0. The Morgan fingerprint density at radius 1 is 0.200 bits per heavy atom. The Morgan fingerprint density at radius 3 is 1.27 bits per heavy atom. The van der Waals surface area contributed by atoms with Crippen LogP contribution in [0.1, 0.15) is 139 Å². The molecule has 0 radical (unpaired) electrons. The van der Waals surface area contributed by atoms with E-state index in [1.54, 1.807) is 0 Å². The minimum absolute atomic E-state index is 1.10. The van der Waals surface area contributed by atoms with E-state index in [4.69, 9.17) is 0 Å². The van der Waals surface area contributed by atoms with E-state index < -0.39 is 0 Å². The van der Waals surface area contributed by atoms with E-state index in [1.807, 2.05) is 0 Å². The molecule has 0 atom stereocenters. The summed E-state index contributed by atoms with van der Waals surface area (Å²) in [6, 6.07) is 56.8. The highest BCUT2D eigenvalue weighted by atomic mass is 14.3. The first-order valence-electron chi connectivity index (χ1n) is 29.3. The van der Waals surface area contributed by atoms with Gasteiger partial charge in [0.05, 0.1) is 0 Å². The van der Waals surface area contributed by atoms with Crippen molar-refractivity contribution in [1.82, 2.24) is 0 Å². The van der Waals surface area contributed by atoms with Crippen molar-refractivity contribution in [2.75, 3.05) is 0 Å². The van der Waals surface area contributed by atoms with Crippen molar-refractivity contribution in [1.29, 1.82) is 0 Å². The van der Waals surface area contributed by atoms with Gasteiger partial charge in [-0.2, -0.15) is 0 Å². The van der Waals surface area contributed by atoms with Gasteiger partial charge in [0.2, 0.25) is 0 Å². The molecule has 0 saturated heterocycles. The number of hydrogen-bond acceptors (Lipinski definition) is 0. The van der Waals surface area contributed by atoms with Gasteiger partial charge in [0.25, 0.3) is 0 Å². The normalized spacial score (nSPS) is 12.4. The van der Waals surface area contributed by atoms with Crippen molar-refractivity contribution in [3.63, 3.8) is 0 Å². The van der Waals surface area contributed by atoms with Gasteiger partial charge >= 0.3 is 0 Å². The number of aryl methyl sites for hydroxylation is 13. The molecule has 0 heterocycles. The molecule has 0 aromatic heterocycles. The standard InChI is InChI=1S/5C16H16/c1-10-4-5-15-13(6-10)9-14-7-11(2)12(3)8-16(14)15;1-10-4-5-13-9-14-7-11(2)12(3)8-16(14)15(13)6-10;1-10-5-4-6-14-15(10)9-13-7-11(2)12(3)8-16(13)14;1-10-5-4-6-13-9-14-7-11(2)12(3)8-15(14)16(10)13;1-10-8-14-9-13-6-4-5-7-15(13)16(14)12(3)11(10)2/h5*4-8H,9H2,1-3H3. The van der Waals surface area contributed by atoms with Gasteiger partial charge in [0, 0.05) is 0 Å². The Hall–Kier alpha value is -7.80. The van der Waals surface area contributed by atoms with Crippen molar-refractivity contribution >= 4 is 0 Å². The summed E-state index contributed by atoms with van der Waals surface area (Å²) < 4.78 is 0. The number of fused-ring (bicyclic) bond motifs is 15. The smallest absolute Gasteiger partial charge is 0.00107 e. The molecule has 0 amide bonds. The third kappa shape index (κ3) is 10.2. The van der Waals surface area contributed by atoms with E-state index in [-0.39, 0.29) is 0 Å². The van der Waals surface area contributed by atoms with Gasteiger partial charge in [-0.25, -0.2) is 0 Å². The molecule has 80 heavy (non-hydrogen) atoms. The first kappa shape index (κ1) is 54.2. The van der Waals surface area contributed by atoms with Crippen LogP contribution < -0.4 is 0 Å².